The zero-order valence-electron chi connectivity index (χ0n) is 29.5. The molecule has 1 atom stereocenters. The van der Waals surface area contributed by atoms with E-state index in [1.165, 1.54) is 59.5 Å². The Morgan fingerprint density at radius 3 is 1.25 bits per heavy atom. The predicted octanol–water partition coefficient (Wildman–Crippen LogP) is 13.1. The van der Waals surface area contributed by atoms with E-state index < -0.39 is 0 Å². The van der Waals surface area contributed by atoms with Gasteiger partial charge in [-0.25, -0.2) is 0 Å². The van der Waals surface area contributed by atoms with Crippen LogP contribution in [-0.4, -0.2) is 10.6 Å². The summed E-state index contributed by atoms with van der Waals surface area (Å²) < 4.78 is 2.35. The third-order valence-corrected chi connectivity index (χ3v) is 8.58. The SMILES string of the molecule is [CH2-]c1ccccc1.[CH2-]c1ccccc1.[CH2-]c1ccccc1.[Zr].c1ccc(C[N-]C([N-]C2CCCCC2)n2c3ccccc3c3ccccc32)cc1. The fourth-order valence-corrected chi connectivity index (χ4v) is 6.02. The Hall–Kier alpha value is -4.47. The van der Waals surface area contributed by atoms with E-state index >= 15 is 0 Å². The summed E-state index contributed by atoms with van der Waals surface area (Å²) in [6.45, 7) is 11.8. The molecule has 1 aromatic heterocycles. The quantitative estimate of drug-likeness (QED) is 0.152. The third kappa shape index (κ3) is 12.7. The molecule has 51 heavy (non-hydrogen) atoms. The molecule has 0 N–H and O–H groups in total. The molecule has 1 saturated carbocycles. The Morgan fingerprint density at radius 2 is 0.863 bits per heavy atom. The first kappa shape index (κ1) is 39.3. The zero-order valence-corrected chi connectivity index (χ0v) is 32.0. The fourth-order valence-electron chi connectivity index (χ4n) is 6.02. The molecule has 0 aliphatic heterocycles. The Labute approximate surface area is 325 Å². The van der Waals surface area contributed by atoms with Crippen molar-refractivity contribution in [1.29, 1.82) is 0 Å². The summed E-state index contributed by atoms with van der Waals surface area (Å²) in [7, 11) is 0. The molecule has 1 unspecified atom stereocenters. The van der Waals surface area contributed by atoms with Crippen molar-refractivity contribution in [1.82, 2.24) is 4.57 Å². The average molecular weight is 746 g/mol. The van der Waals surface area contributed by atoms with Gasteiger partial charge in [0.2, 0.25) is 0 Å². The number of hydrogen-bond acceptors (Lipinski definition) is 0. The molecule has 1 fully saturated rings. The van der Waals surface area contributed by atoms with Gasteiger partial charge in [-0.1, -0.05) is 123 Å². The Balaban J connectivity index is 0.000000214. The van der Waals surface area contributed by atoms with Crippen LogP contribution in [0.15, 0.2) is 170 Å². The van der Waals surface area contributed by atoms with Crippen LogP contribution in [0, 0.1) is 20.8 Å². The first-order chi connectivity index (χ1) is 24.6. The number of aromatic nitrogens is 1. The Kier molecular flexibility index (Phi) is 16.7. The maximum atomic E-state index is 5.29. The van der Waals surface area contributed by atoms with Gasteiger partial charge >= 0.3 is 0 Å². The van der Waals surface area contributed by atoms with E-state index in [2.05, 4.69) is 104 Å². The molecule has 1 heterocycles. The summed E-state index contributed by atoms with van der Waals surface area (Å²) in [5, 5.41) is 13.0. The molecule has 8 rings (SSSR count). The second kappa shape index (κ2) is 21.7. The maximum Gasteiger partial charge on any atom is 0.0461 e. The summed E-state index contributed by atoms with van der Waals surface area (Å²) in [6, 6.07) is 57.9. The van der Waals surface area contributed by atoms with Crippen LogP contribution < -0.4 is 0 Å². The van der Waals surface area contributed by atoms with Gasteiger partial charge in [0, 0.05) is 48.0 Å². The van der Waals surface area contributed by atoms with Crippen LogP contribution in [0.1, 0.15) is 60.6 Å². The van der Waals surface area contributed by atoms with Gasteiger partial charge in [-0.05, 0) is 12.1 Å². The molecule has 4 heteroatoms. The smallest absolute Gasteiger partial charge is 0.0461 e. The minimum absolute atomic E-state index is 0. The first-order valence-corrected chi connectivity index (χ1v) is 17.6. The van der Waals surface area contributed by atoms with E-state index in [0.29, 0.717) is 12.6 Å². The van der Waals surface area contributed by atoms with Crippen molar-refractivity contribution in [2.24, 2.45) is 0 Å². The first-order valence-electron chi connectivity index (χ1n) is 17.6. The number of rotatable bonds is 6. The van der Waals surface area contributed by atoms with Gasteiger partial charge in [0.05, 0.1) is 0 Å². The van der Waals surface area contributed by atoms with Crippen molar-refractivity contribution >= 4 is 21.8 Å². The summed E-state index contributed by atoms with van der Waals surface area (Å²) in [4.78, 5) is 0. The third-order valence-electron chi connectivity index (χ3n) is 8.58. The van der Waals surface area contributed by atoms with Gasteiger partial charge in [-0.2, -0.15) is 80.1 Å². The van der Waals surface area contributed by atoms with E-state index in [0.717, 1.165) is 16.7 Å². The molecule has 1 aliphatic rings. The van der Waals surface area contributed by atoms with Crippen LogP contribution in [0.4, 0.5) is 0 Å². The van der Waals surface area contributed by atoms with Crippen molar-refractivity contribution in [2.45, 2.75) is 51.0 Å². The van der Waals surface area contributed by atoms with E-state index in [1.807, 2.05) is 91.0 Å². The molecule has 260 valence electrons. The second-order valence-corrected chi connectivity index (χ2v) is 12.5. The number of hydrogen-bond donors (Lipinski definition) is 0. The normalized spacial score (nSPS) is 12.9. The summed E-state index contributed by atoms with van der Waals surface area (Å²) in [6.07, 6.45) is 6.10. The number of fused-ring (bicyclic) bond motifs is 3. The van der Waals surface area contributed by atoms with Gasteiger partial charge < -0.3 is 15.2 Å². The predicted molar refractivity (Wildman–Crippen MR) is 215 cm³/mol. The van der Waals surface area contributed by atoms with Gasteiger partial charge in [0.1, 0.15) is 0 Å². The second-order valence-electron chi connectivity index (χ2n) is 12.5. The molecule has 1 aliphatic carbocycles. The van der Waals surface area contributed by atoms with Crippen LogP contribution in [0.2, 0.25) is 0 Å². The van der Waals surface area contributed by atoms with E-state index in [9.17, 15) is 0 Å². The molecule has 0 amide bonds. The van der Waals surface area contributed by atoms with Gasteiger partial charge in [-0.3, -0.25) is 0 Å². The van der Waals surface area contributed by atoms with E-state index in [4.69, 9.17) is 10.6 Å². The number of benzene rings is 6. The van der Waals surface area contributed by atoms with Crippen molar-refractivity contribution in [3.05, 3.63) is 224 Å². The van der Waals surface area contributed by atoms with Crippen LogP contribution in [0.5, 0.6) is 0 Å². The topological polar surface area (TPSA) is 33.1 Å². The molecule has 3 nitrogen and oxygen atoms in total. The van der Waals surface area contributed by atoms with Crippen LogP contribution >= 0.6 is 0 Å². The van der Waals surface area contributed by atoms with Gasteiger partial charge in [0.15, 0.2) is 0 Å². The molecule has 0 radical (unpaired) electrons. The van der Waals surface area contributed by atoms with Crippen LogP contribution in [0.25, 0.3) is 32.4 Å². The van der Waals surface area contributed by atoms with Crippen molar-refractivity contribution in [3.63, 3.8) is 0 Å². The molecule has 0 saturated heterocycles. The summed E-state index contributed by atoms with van der Waals surface area (Å²) >= 11 is 0. The van der Waals surface area contributed by atoms with Crippen molar-refractivity contribution < 1.29 is 26.2 Å². The number of nitrogens with zero attached hydrogens (tertiary/aromatic N) is 3. The zero-order chi connectivity index (χ0) is 34.8. The molecular weight excluding hydrogens is 698 g/mol. The summed E-state index contributed by atoms with van der Waals surface area (Å²) in [5.74, 6) is 0. The average Bonchev–Trinajstić information content (AvgIpc) is 3.50. The van der Waals surface area contributed by atoms with Crippen LogP contribution in [-0.2, 0) is 32.7 Å². The van der Waals surface area contributed by atoms with E-state index in [-0.39, 0.29) is 32.5 Å². The minimum atomic E-state index is -0.192. The Bertz CT molecular complexity index is 1790. The molecule has 7 aromatic rings. The van der Waals surface area contributed by atoms with Gasteiger partial charge in [-0.15, -0.1) is 49.0 Å². The minimum Gasteiger partial charge on any atom is -0.658 e. The standard InChI is InChI=1S/C26H27N3.3C7H7.Zr/c1-3-11-20(12-4-1)19-27-26(28-21-13-5-2-6-14-21)29-24-17-9-7-15-22(24)23-16-8-10-18-25(23)29;3*1-7-5-3-2-4-6-7;/h1,3-4,7-12,15-18,21,26H,2,5-6,13-14,19H2;3*2-6H,1H2;/q-2;3*-1;. The fraction of sp³-hybridized carbons (Fsp3) is 0.170. The van der Waals surface area contributed by atoms with Crippen molar-refractivity contribution in [2.75, 3.05) is 0 Å². The van der Waals surface area contributed by atoms with Crippen LogP contribution in [0.3, 0.4) is 0 Å². The summed E-state index contributed by atoms with van der Waals surface area (Å²) in [5.41, 5.74) is 6.88. The van der Waals surface area contributed by atoms with E-state index in [1.54, 1.807) is 0 Å². The molecule has 6 aromatic carbocycles. The largest absolute Gasteiger partial charge is 0.658 e. The van der Waals surface area contributed by atoms with Gasteiger partial charge in [0.25, 0.3) is 0 Å². The monoisotopic (exact) mass is 744 g/mol. The molecule has 0 bridgehead atoms. The number of para-hydroxylation sites is 2. The van der Waals surface area contributed by atoms with Crippen molar-refractivity contribution in [3.8, 4) is 0 Å². The Morgan fingerprint density at radius 1 is 0.490 bits per heavy atom. The molecule has 0 spiro atoms. The molecular formula is C47H48N3Zr-5. The maximum absolute atomic E-state index is 5.29.